The maximum Gasteiger partial charge on any atom is 0.418 e. The van der Waals surface area contributed by atoms with E-state index >= 15 is 0 Å². The van der Waals surface area contributed by atoms with Crippen LogP contribution in [0.4, 0.5) is 19.0 Å². The van der Waals surface area contributed by atoms with Gasteiger partial charge in [-0.1, -0.05) is 39.0 Å². The maximum atomic E-state index is 13.7. The first kappa shape index (κ1) is 29.6. The summed E-state index contributed by atoms with van der Waals surface area (Å²) in [6, 6.07) is 3.91. The van der Waals surface area contributed by atoms with Gasteiger partial charge in [-0.3, -0.25) is 9.88 Å². The van der Waals surface area contributed by atoms with Crippen LogP contribution < -0.4 is 5.32 Å². The number of aromatic nitrogens is 4. The van der Waals surface area contributed by atoms with E-state index in [0.29, 0.717) is 41.7 Å². The van der Waals surface area contributed by atoms with Gasteiger partial charge in [-0.05, 0) is 50.0 Å². The highest BCUT2D eigenvalue weighted by molar-refractivity contribution is 5.88. The normalized spacial score (nSPS) is 19.2. The molecular formula is C30H37F3N6O. The van der Waals surface area contributed by atoms with Crippen LogP contribution in [0.1, 0.15) is 52.4 Å². The van der Waals surface area contributed by atoms with Crippen LogP contribution in [-0.2, 0) is 17.5 Å². The molecule has 214 valence electrons. The summed E-state index contributed by atoms with van der Waals surface area (Å²) in [5.74, 6) is 1.51. The summed E-state index contributed by atoms with van der Waals surface area (Å²) < 4.78 is 47.0. The Hall–Kier alpha value is -3.37. The topological polar surface area (TPSA) is 76.1 Å². The molecule has 0 amide bonds. The molecule has 0 unspecified atom stereocenters. The SMILES string of the molecule is CC/C=C(\C=C/CNc1nc(CN2C[C@@H](C)O[C@@H](C)C2)nc2cc(-c3ncccc3C(F)(F)F)cnc12)C(C)C. The highest BCUT2D eigenvalue weighted by Gasteiger charge is 2.34. The first-order chi connectivity index (χ1) is 19.0. The molecule has 0 aromatic carbocycles. The number of morpholine rings is 1. The second-order valence-corrected chi connectivity index (χ2v) is 10.5. The fourth-order valence-electron chi connectivity index (χ4n) is 4.95. The molecule has 0 radical (unpaired) electrons. The number of anilines is 1. The lowest BCUT2D eigenvalue weighted by Gasteiger charge is -2.34. The molecule has 1 aliphatic rings. The molecule has 4 rings (SSSR count). The summed E-state index contributed by atoms with van der Waals surface area (Å²) >= 11 is 0. The van der Waals surface area contributed by atoms with Crippen molar-refractivity contribution in [3.63, 3.8) is 0 Å². The molecule has 2 atom stereocenters. The van der Waals surface area contributed by atoms with E-state index in [1.54, 1.807) is 6.07 Å². The van der Waals surface area contributed by atoms with Gasteiger partial charge in [-0.15, -0.1) is 0 Å². The first-order valence-corrected chi connectivity index (χ1v) is 13.7. The number of pyridine rings is 2. The van der Waals surface area contributed by atoms with E-state index in [0.717, 1.165) is 25.6 Å². The molecular weight excluding hydrogens is 517 g/mol. The van der Waals surface area contributed by atoms with Crippen molar-refractivity contribution in [1.82, 2.24) is 24.8 Å². The second-order valence-electron chi connectivity index (χ2n) is 10.5. The minimum absolute atomic E-state index is 0.0801. The minimum Gasteiger partial charge on any atom is -0.373 e. The molecule has 1 saturated heterocycles. The molecule has 1 aliphatic heterocycles. The smallest absolute Gasteiger partial charge is 0.373 e. The number of hydrogen-bond donors (Lipinski definition) is 1. The zero-order valence-electron chi connectivity index (χ0n) is 23.7. The number of nitrogens with zero attached hydrogens (tertiary/aromatic N) is 5. The Morgan fingerprint density at radius 3 is 2.60 bits per heavy atom. The molecule has 3 aromatic heterocycles. The van der Waals surface area contributed by atoms with Gasteiger partial charge in [-0.25, -0.2) is 15.0 Å². The van der Waals surface area contributed by atoms with Gasteiger partial charge in [0.1, 0.15) is 11.3 Å². The van der Waals surface area contributed by atoms with Crippen molar-refractivity contribution in [3.8, 4) is 11.3 Å². The number of ether oxygens (including phenoxy) is 1. The highest BCUT2D eigenvalue weighted by Crippen LogP contribution is 2.36. The van der Waals surface area contributed by atoms with Crippen molar-refractivity contribution in [3.05, 3.63) is 65.8 Å². The number of nitrogens with one attached hydrogen (secondary N) is 1. The number of alkyl halides is 3. The Bertz CT molecular complexity index is 1360. The summed E-state index contributed by atoms with van der Waals surface area (Å²) in [7, 11) is 0. The fraction of sp³-hybridized carbons (Fsp3) is 0.467. The molecule has 3 aromatic rings. The molecule has 1 N–H and O–H groups in total. The Morgan fingerprint density at radius 1 is 1.18 bits per heavy atom. The van der Waals surface area contributed by atoms with Gasteiger partial charge in [0.05, 0.1) is 35.5 Å². The molecule has 0 aliphatic carbocycles. The average molecular weight is 555 g/mol. The molecule has 1 fully saturated rings. The second kappa shape index (κ2) is 12.9. The molecule has 10 heteroatoms. The van der Waals surface area contributed by atoms with E-state index in [1.807, 2.05) is 19.9 Å². The number of rotatable bonds is 9. The van der Waals surface area contributed by atoms with Gasteiger partial charge in [0.25, 0.3) is 0 Å². The lowest BCUT2D eigenvalue weighted by atomic mass is 10.0. The van der Waals surface area contributed by atoms with E-state index in [1.165, 1.54) is 24.0 Å². The van der Waals surface area contributed by atoms with Crippen LogP contribution in [0, 0.1) is 5.92 Å². The van der Waals surface area contributed by atoms with E-state index < -0.39 is 11.7 Å². The molecule has 4 heterocycles. The fourth-order valence-corrected chi connectivity index (χ4v) is 4.95. The lowest BCUT2D eigenvalue weighted by molar-refractivity contribution is -0.137. The van der Waals surface area contributed by atoms with Crippen LogP contribution in [0.3, 0.4) is 0 Å². The highest BCUT2D eigenvalue weighted by atomic mass is 19.4. The Labute approximate surface area is 233 Å². The average Bonchev–Trinajstić information content (AvgIpc) is 2.88. The Morgan fingerprint density at radius 2 is 1.93 bits per heavy atom. The van der Waals surface area contributed by atoms with Crippen molar-refractivity contribution >= 4 is 16.9 Å². The zero-order valence-corrected chi connectivity index (χ0v) is 23.7. The Kier molecular flexibility index (Phi) is 9.52. The lowest BCUT2D eigenvalue weighted by Crippen LogP contribution is -2.45. The van der Waals surface area contributed by atoms with Crippen molar-refractivity contribution in [2.24, 2.45) is 5.92 Å². The van der Waals surface area contributed by atoms with Crippen LogP contribution >= 0.6 is 0 Å². The number of fused-ring (bicyclic) bond motifs is 1. The third kappa shape index (κ3) is 7.42. The number of allylic oxidation sites excluding steroid dienone is 3. The zero-order chi connectivity index (χ0) is 28.9. The molecule has 0 saturated carbocycles. The van der Waals surface area contributed by atoms with Crippen molar-refractivity contribution < 1.29 is 17.9 Å². The number of hydrogen-bond acceptors (Lipinski definition) is 7. The van der Waals surface area contributed by atoms with Crippen LogP contribution in [0.25, 0.3) is 22.3 Å². The van der Waals surface area contributed by atoms with Crippen LogP contribution in [-0.4, -0.2) is 56.7 Å². The molecule has 7 nitrogen and oxygen atoms in total. The summed E-state index contributed by atoms with van der Waals surface area (Å²) in [5.41, 5.74) is 1.45. The molecule has 0 spiro atoms. The van der Waals surface area contributed by atoms with Gasteiger partial charge in [0.2, 0.25) is 0 Å². The third-order valence-corrected chi connectivity index (χ3v) is 6.63. The van der Waals surface area contributed by atoms with Crippen LogP contribution in [0.5, 0.6) is 0 Å². The predicted octanol–water partition coefficient (Wildman–Crippen LogP) is 6.68. The first-order valence-electron chi connectivity index (χ1n) is 13.7. The number of halogens is 3. The summed E-state index contributed by atoms with van der Waals surface area (Å²) in [5, 5.41) is 3.35. The van der Waals surface area contributed by atoms with E-state index in [4.69, 9.17) is 14.7 Å². The van der Waals surface area contributed by atoms with Crippen LogP contribution in [0.2, 0.25) is 0 Å². The standard InChI is InChI=1S/C30H37F3N6O/c1-6-9-22(19(2)3)10-7-13-35-29-28-25(37-26(38-29)18-39-16-20(4)40-21(5)17-39)14-23(15-36-28)27-24(30(31,32)33)11-8-12-34-27/h7-12,14-15,19-21H,6,13,16-18H2,1-5H3,(H,35,37,38)/b10-7-,22-9+/t20-,21+. The third-order valence-electron chi connectivity index (χ3n) is 6.63. The van der Waals surface area contributed by atoms with Crippen LogP contribution in [0.15, 0.2) is 54.4 Å². The van der Waals surface area contributed by atoms with Crippen molar-refractivity contribution in [2.75, 3.05) is 25.0 Å². The molecule has 0 bridgehead atoms. The largest absolute Gasteiger partial charge is 0.418 e. The predicted molar refractivity (Wildman–Crippen MR) is 152 cm³/mol. The van der Waals surface area contributed by atoms with E-state index in [2.05, 4.69) is 53.1 Å². The van der Waals surface area contributed by atoms with Crippen molar-refractivity contribution in [2.45, 2.75) is 66.0 Å². The van der Waals surface area contributed by atoms with E-state index in [9.17, 15) is 13.2 Å². The van der Waals surface area contributed by atoms with Gasteiger partial charge in [0, 0.05) is 37.6 Å². The maximum absolute atomic E-state index is 13.7. The summed E-state index contributed by atoms with van der Waals surface area (Å²) in [6.07, 6.45) is 5.68. The quantitative estimate of drug-likeness (QED) is 0.296. The monoisotopic (exact) mass is 554 g/mol. The van der Waals surface area contributed by atoms with Gasteiger partial charge < -0.3 is 10.1 Å². The molecule has 40 heavy (non-hydrogen) atoms. The summed E-state index contributed by atoms with van der Waals surface area (Å²) in [6.45, 7) is 13.0. The van der Waals surface area contributed by atoms with Crippen molar-refractivity contribution in [1.29, 1.82) is 0 Å². The minimum atomic E-state index is -4.54. The van der Waals surface area contributed by atoms with Gasteiger partial charge >= 0.3 is 6.18 Å². The Balaban J connectivity index is 1.70. The van der Waals surface area contributed by atoms with E-state index in [-0.39, 0.29) is 23.5 Å². The van der Waals surface area contributed by atoms with Gasteiger partial charge in [0.15, 0.2) is 5.82 Å². The summed E-state index contributed by atoms with van der Waals surface area (Å²) in [4.78, 5) is 20.3. The van der Waals surface area contributed by atoms with Gasteiger partial charge in [-0.2, -0.15) is 13.2 Å².